The van der Waals surface area contributed by atoms with Crippen LogP contribution in [0.5, 0.6) is 0 Å². The van der Waals surface area contributed by atoms with Crippen molar-refractivity contribution >= 4 is 0 Å². The first-order valence-electron chi connectivity index (χ1n) is 6.49. The molecule has 0 saturated carbocycles. The van der Waals surface area contributed by atoms with Crippen LogP contribution in [-0.4, -0.2) is 67.3 Å². The summed E-state index contributed by atoms with van der Waals surface area (Å²) in [6.07, 6.45) is 1.10. The van der Waals surface area contributed by atoms with Crippen molar-refractivity contribution in [2.24, 2.45) is 5.73 Å². The first-order chi connectivity index (χ1) is 7.72. The van der Waals surface area contributed by atoms with Gasteiger partial charge in [0.2, 0.25) is 0 Å². The lowest BCUT2D eigenvalue weighted by Crippen LogP contribution is -2.63. The third-order valence-electron chi connectivity index (χ3n) is 4.30. The van der Waals surface area contributed by atoms with Crippen molar-refractivity contribution in [1.29, 1.82) is 0 Å². The second-order valence-corrected chi connectivity index (χ2v) is 5.15. The molecular formula is C12H25N3O. The molecule has 4 heteroatoms. The Morgan fingerprint density at radius 2 is 2.25 bits per heavy atom. The predicted molar refractivity (Wildman–Crippen MR) is 65.5 cm³/mol. The average molecular weight is 227 g/mol. The van der Waals surface area contributed by atoms with Gasteiger partial charge in [0.1, 0.15) is 0 Å². The van der Waals surface area contributed by atoms with Gasteiger partial charge in [0.05, 0.1) is 12.1 Å². The van der Waals surface area contributed by atoms with Crippen molar-refractivity contribution in [3.8, 4) is 0 Å². The Morgan fingerprint density at radius 1 is 1.44 bits per heavy atom. The van der Waals surface area contributed by atoms with Crippen molar-refractivity contribution in [3.63, 3.8) is 0 Å². The van der Waals surface area contributed by atoms with E-state index in [0.29, 0.717) is 6.04 Å². The summed E-state index contributed by atoms with van der Waals surface area (Å²) < 4.78 is 5.56. The molecule has 0 aliphatic carbocycles. The van der Waals surface area contributed by atoms with Gasteiger partial charge in [0, 0.05) is 38.8 Å². The van der Waals surface area contributed by atoms with Gasteiger partial charge in [-0.05, 0) is 19.9 Å². The molecule has 2 rings (SSSR count). The highest BCUT2D eigenvalue weighted by Crippen LogP contribution is 2.27. The fourth-order valence-corrected chi connectivity index (χ4v) is 3.03. The molecule has 0 aromatic rings. The highest BCUT2D eigenvalue weighted by atomic mass is 16.5. The topological polar surface area (TPSA) is 41.7 Å². The Balaban J connectivity index is 2.00. The highest BCUT2D eigenvalue weighted by molar-refractivity contribution is 4.98. The summed E-state index contributed by atoms with van der Waals surface area (Å²) >= 11 is 0. The predicted octanol–water partition coefficient (Wildman–Crippen LogP) is 0.130. The molecule has 2 unspecified atom stereocenters. The molecule has 4 nitrogen and oxygen atoms in total. The van der Waals surface area contributed by atoms with Crippen LogP contribution in [0.2, 0.25) is 0 Å². The van der Waals surface area contributed by atoms with Crippen LogP contribution in [0, 0.1) is 0 Å². The van der Waals surface area contributed by atoms with Crippen molar-refractivity contribution in [3.05, 3.63) is 0 Å². The SMILES string of the molecule is CCN1CCN(C2(CN)CCOC2)CC1C. The van der Waals surface area contributed by atoms with Crippen LogP contribution in [0.3, 0.4) is 0 Å². The zero-order valence-corrected chi connectivity index (χ0v) is 10.6. The lowest BCUT2D eigenvalue weighted by molar-refractivity contribution is 0.00450. The molecule has 2 N–H and O–H groups in total. The third-order valence-corrected chi connectivity index (χ3v) is 4.30. The maximum Gasteiger partial charge on any atom is 0.0663 e. The van der Waals surface area contributed by atoms with Crippen molar-refractivity contribution in [2.45, 2.75) is 31.8 Å². The van der Waals surface area contributed by atoms with Gasteiger partial charge in [-0.15, -0.1) is 0 Å². The molecule has 94 valence electrons. The molecule has 0 bridgehead atoms. The standard InChI is InChI=1S/C12H25N3O/c1-3-14-5-6-15(8-11(14)2)12(9-13)4-7-16-10-12/h11H,3-10,13H2,1-2H3. The summed E-state index contributed by atoms with van der Waals surface area (Å²) in [5, 5.41) is 0. The van der Waals surface area contributed by atoms with Gasteiger partial charge in [-0.25, -0.2) is 0 Å². The fraction of sp³-hybridized carbons (Fsp3) is 1.00. The zero-order valence-electron chi connectivity index (χ0n) is 10.6. The minimum Gasteiger partial charge on any atom is -0.379 e. The Bertz CT molecular complexity index is 228. The monoisotopic (exact) mass is 227 g/mol. The molecule has 0 radical (unpaired) electrons. The number of likely N-dealkylation sites (N-methyl/N-ethyl adjacent to an activating group) is 1. The number of rotatable bonds is 3. The van der Waals surface area contributed by atoms with Crippen molar-refractivity contribution < 1.29 is 4.74 Å². The summed E-state index contributed by atoms with van der Waals surface area (Å²) in [4.78, 5) is 5.10. The zero-order chi connectivity index (χ0) is 11.6. The van der Waals surface area contributed by atoms with Gasteiger partial charge in [-0.1, -0.05) is 6.92 Å². The number of ether oxygens (including phenoxy) is 1. The molecule has 2 aliphatic rings. The van der Waals surface area contributed by atoms with Crippen LogP contribution in [0.25, 0.3) is 0 Å². The van der Waals surface area contributed by atoms with E-state index in [4.69, 9.17) is 10.5 Å². The van der Waals surface area contributed by atoms with Crippen LogP contribution in [-0.2, 0) is 4.74 Å². The minimum atomic E-state index is 0.133. The van der Waals surface area contributed by atoms with E-state index in [1.807, 2.05) is 0 Å². The quantitative estimate of drug-likeness (QED) is 0.744. The summed E-state index contributed by atoms with van der Waals surface area (Å²) in [5.41, 5.74) is 6.11. The third kappa shape index (κ3) is 2.12. The number of piperazine rings is 1. The number of nitrogens with zero attached hydrogens (tertiary/aromatic N) is 2. The molecule has 2 atom stereocenters. The number of nitrogens with two attached hydrogens (primary N) is 1. The van der Waals surface area contributed by atoms with E-state index >= 15 is 0 Å². The molecule has 2 saturated heterocycles. The lowest BCUT2D eigenvalue weighted by Gasteiger charge is -2.47. The maximum atomic E-state index is 5.98. The average Bonchev–Trinajstić information content (AvgIpc) is 2.78. The lowest BCUT2D eigenvalue weighted by atomic mass is 9.94. The minimum absolute atomic E-state index is 0.133. The molecule has 16 heavy (non-hydrogen) atoms. The summed E-state index contributed by atoms with van der Waals surface area (Å²) in [5.74, 6) is 0. The van der Waals surface area contributed by atoms with Gasteiger partial charge in [0.25, 0.3) is 0 Å². The van der Waals surface area contributed by atoms with Crippen molar-refractivity contribution in [1.82, 2.24) is 9.80 Å². The van der Waals surface area contributed by atoms with E-state index in [1.165, 1.54) is 6.54 Å². The number of hydrogen-bond donors (Lipinski definition) is 1. The normalized spacial score (nSPS) is 38.1. The van der Waals surface area contributed by atoms with Crippen LogP contribution in [0.15, 0.2) is 0 Å². The smallest absolute Gasteiger partial charge is 0.0663 e. The van der Waals surface area contributed by atoms with Crippen LogP contribution < -0.4 is 5.73 Å². The largest absolute Gasteiger partial charge is 0.379 e. The fourth-order valence-electron chi connectivity index (χ4n) is 3.03. The maximum absolute atomic E-state index is 5.98. The molecule has 2 aliphatic heterocycles. The van der Waals surface area contributed by atoms with E-state index in [2.05, 4.69) is 23.6 Å². The second kappa shape index (κ2) is 5.00. The first kappa shape index (κ1) is 12.3. The Hall–Kier alpha value is -0.160. The van der Waals surface area contributed by atoms with Gasteiger partial charge in [-0.3, -0.25) is 9.80 Å². The van der Waals surface area contributed by atoms with Gasteiger partial charge in [0.15, 0.2) is 0 Å². The summed E-state index contributed by atoms with van der Waals surface area (Å²) in [6, 6.07) is 0.641. The molecule has 2 fully saturated rings. The Labute approximate surface area is 98.7 Å². The van der Waals surface area contributed by atoms with Gasteiger partial charge in [-0.2, -0.15) is 0 Å². The van der Waals surface area contributed by atoms with Crippen LogP contribution in [0.1, 0.15) is 20.3 Å². The van der Waals surface area contributed by atoms with Crippen LogP contribution >= 0.6 is 0 Å². The van der Waals surface area contributed by atoms with E-state index in [0.717, 1.165) is 45.8 Å². The van der Waals surface area contributed by atoms with Crippen molar-refractivity contribution in [2.75, 3.05) is 45.9 Å². The van der Waals surface area contributed by atoms with Crippen LogP contribution in [0.4, 0.5) is 0 Å². The molecule has 2 heterocycles. The molecular weight excluding hydrogens is 202 g/mol. The van der Waals surface area contributed by atoms with Gasteiger partial charge < -0.3 is 10.5 Å². The van der Waals surface area contributed by atoms with E-state index in [9.17, 15) is 0 Å². The molecule has 0 amide bonds. The molecule has 0 aromatic heterocycles. The Morgan fingerprint density at radius 3 is 2.75 bits per heavy atom. The number of hydrogen-bond acceptors (Lipinski definition) is 4. The Kier molecular flexibility index (Phi) is 3.85. The highest BCUT2D eigenvalue weighted by Gasteiger charge is 2.41. The van der Waals surface area contributed by atoms with Gasteiger partial charge >= 0.3 is 0 Å². The molecule has 0 aromatic carbocycles. The van der Waals surface area contributed by atoms with E-state index < -0.39 is 0 Å². The summed E-state index contributed by atoms with van der Waals surface area (Å²) in [6.45, 7) is 11.6. The molecule has 0 spiro atoms. The summed E-state index contributed by atoms with van der Waals surface area (Å²) in [7, 11) is 0. The van der Waals surface area contributed by atoms with E-state index in [1.54, 1.807) is 0 Å². The van der Waals surface area contributed by atoms with E-state index in [-0.39, 0.29) is 5.54 Å². The second-order valence-electron chi connectivity index (χ2n) is 5.15. The first-order valence-corrected chi connectivity index (χ1v) is 6.49.